The standard InChI is InChI=1S/C23H30O3/c1-2-22-10-8-17-16-7-5-15(25)12-14(16)4-6-18(17)21(22)19-13-20(19)23(22,26)9-3-11-24/h3-4,6,9,12,16-21,24,26H,2,5,7-8,10-11,13H2,1H3/t16-,17?,18?,19+,20-,21?,22-,23-/m0/s1. The molecule has 3 heteroatoms. The highest BCUT2D eigenvalue weighted by Gasteiger charge is 2.75. The molecule has 0 aromatic rings. The van der Waals surface area contributed by atoms with E-state index in [0.29, 0.717) is 41.9 Å². The predicted octanol–water partition coefficient (Wildman–Crippen LogP) is 3.43. The second kappa shape index (κ2) is 5.65. The SMILES string of the molecule is CC[C@]12CCC3C(C=CC4=CC(=O)CC[C@@H]43)C1[C@@H]1C[C@@H]1[C@@]2(O)C=CCO. The zero-order valence-electron chi connectivity index (χ0n) is 15.6. The maximum atomic E-state index is 11.8. The number of carbonyl (C=O) groups excluding carboxylic acids is 1. The summed E-state index contributed by atoms with van der Waals surface area (Å²) in [6, 6.07) is 0. The Morgan fingerprint density at radius 1 is 1.31 bits per heavy atom. The molecule has 0 amide bonds. The Morgan fingerprint density at radius 2 is 2.15 bits per heavy atom. The van der Waals surface area contributed by atoms with E-state index in [1.807, 2.05) is 12.2 Å². The molecular weight excluding hydrogens is 324 g/mol. The van der Waals surface area contributed by atoms with Crippen LogP contribution in [0.5, 0.6) is 0 Å². The van der Waals surface area contributed by atoms with Crippen molar-refractivity contribution in [1.29, 1.82) is 0 Å². The van der Waals surface area contributed by atoms with Crippen LogP contribution in [0.15, 0.2) is 36.0 Å². The predicted molar refractivity (Wildman–Crippen MR) is 100 cm³/mol. The summed E-state index contributed by atoms with van der Waals surface area (Å²) in [5, 5.41) is 21.0. The second-order valence-electron chi connectivity index (χ2n) is 9.35. The summed E-state index contributed by atoms with van der Waals surface area (Å²) < 4.78 is 0. The molecule has 5 rings (SSSR count). The van der Waals surface area contributed by atoms with Gasteiger partial charge in [-0.25, -0.2) is 0 Å². The monoisotopic (exact) mass is 354 g/mol. The molecule has 0 heterocycles. The Labute approximate surface area is 155 Å². The lowest BCUT2D eigenvalue weighted by molar-refractivity contribution is -0.118. The van der Waals surface area contributed by atoms with Gasteiger partial charge in [0.2, 0.25) is 0 Å². The molecule has 3 saturated carbocycles. The maximum absolute atomic E-state index is 11.8. The van der Waals surface area contributed by atoms with Crippen LogP contribution in [0.2, 0.25) is 0 Å². The number of carbonyl (C=O) groups is 1. The molecule has 0 spiro atoms. The van der Waals surface area contributed by atoms with Crippen molar-refractivity contribution in [1.82, 2.24) is 0 Å². The Bertz CT molecular complexity index is 719. The molecule has 0 aromatic carbocycles. The van der Waals surface area contributed by atoms with Crippen LogP contribution >= 0.6 is 0 Å². The summed E-state index contributed by atoms with van der Waals surface area (Å²) in [5.74, 6) is 3.52. The molecule has 0 radical (unpaired) electrons. The average molecular weight is 354 g/mol. The van der Waals surface area contributed by atoms with E-state index in [0.717, 1.165) is 32.1 Å². The van der Waals surface area contributed by atoms with Gasteiger partial charge in [-0.1, -0.05) is 31.2 Å². The summed E-state index contributed by atoms with van der Waals surface area (Å²) in [7, 11) is 0. The lowest BCUT2D eigenvalue weighted by Crippen LogP contribution is -2.55. The quantitative estimate of drug-likeness (QED) is 0.764. The molecule has 140 valence electrons. The van der Waals surface area contributed by atoms with Crippen LogP contribution in [0, 0.1) is 40.9 Å². The van der Waals surface area contributed by atoms with Crippen molar-refractivity contribution in [2.75, 3.05) is 6.61 Å². The third kappa shape index (κ3) is 1.99. The number of allylic oxidation sites excluding steroid dienone is 4. The highest BCUT2D eigenvalue weighted by molar-refractivity contribution is 5.91. The average Bonchev–Trinajstić information content (AvgIpc) is 3.41. The summed E-state index contributed by atoms with van der Waals surface area (Å²) >= 11 is 0. The minimum atomic E-state index is -0.753. The zero-order chi connectivity index (χ0) is 18.1. The van der Waals surface area contributed by atoms with Gasteiger partial charge in [-0.3, -0.25) is 4.79 Å². The van der Waals surface area contributed by atoms with Gasteiger partial charge in [-0.2, -0.15) is 0 Å². The van der Waals surface area contributed by atoms with Crippen molar-refractivity contribution in [3.8, 4) is 0 Å². The lowest BCUT2D eigenvalue weighted by atomic mass is 9.49. The van der Waals surface area contributed by atoms with Crippen LogP contribution in [0.1, 0.15) is 45.4 Å². The molecule has 5 aliphatic rings. The number of aliphatic hydroxyl groups excluding tert-OH is 1. The van der Waals surface area contributed by atoms with E-state index < -0.39 is 5.60 Å². The Morgan fingerprint density at radius 3 is 2.92 bits per heavy atom. The zero-order valence-corrected chi connectivity index (χ0v) is 15.6. The van der Waals surface area contributed by atoms with Gasteiger partial charge in [-0.15, -0.1) is 0 Å². The van der Waals surface area contributed by atoms with E-state index in [1.54, 1.807) is 6.08 Å². The fourth-order valence-corrected chi connectivity index (χ4v) is 7.70. The minimum absolute atomic E-state index is 0.000368. The number of rotatable bonds is 3. The molecule has 3 fully saturated rings. The van der Waals surface area contributed by atoms with Gasteiger partial charge in [0.1, 0.15) is 0 Å². The van der Waals surface area contributed by atoms with E-state index >= 15 is 0 Å². The molecule has 3 unspecified atom stereocenters. The fraction of sp³-hybridized carbons (Fsp3) is 0.696. The molecule has 0 aromatic heterocycles. The smallest absolute Gasteiger partial charge is 0.155 e. The Balaban J connectivity index is 1.55. The molecule has 5 aliphatic carbocycles. The third-order valence-corrected chi connectivity index (χ3v) is 8.73. The Hall–Kier alpha value is -1.19. The van der Waals surface area contributed by atoms with E-state index in [9.17, 15) is 15.0 Å². The van der Waals surface area contributed by atoms with Gasteiger partial charge in [0.05, 0.1) is 12.2 Å². The first-order valence-electron chi connectivity index (χ1n) is 10.5. The highest BCUT2D eigenvalue weighted by Crippen LogP contribution is 2.76. The molecule has 2 N–H and O–H groups in total. The number of aliphatic hydroxyl groups is 2. The number of ketones is 1. The molecule has 8 atom stereocenters. The van der Waals surface area contributed by atoms with E-state index in [1.165, 1.54) is 5.57 Å². The van der Waals surface area contributed by atoms with Crippen molar-refractivity contribution in [2.45, 2.75) is 51.0 Å². The highest BCUT2D eigenvalue weighted by atomic mass is 16.3. The lowest BCUT2D eigenvalue weighted by Gasteiger charge is -2.56. The molecule has 3 nitrogen and oxygen atoms in total. The summed E-state index contributed by atoms with van der Waals surface area (Å²) in [4.78, 5) is 11.8. The van der Waals surface area contributed by atoms with Crippen molar-refractivity contribution >= 4 is 5.78 Å². The second-order valence-corrected chi connectivity index (χ2v) is 9.35. The first-order chi connectivity index (χ1) is 12.6. The number of hydrogen-bond donors (Lipinski definition) is 2. The first kappa shape index (κ1) is 16.9. The van der Waals surface area contributed by atoms with Crippen LogP contribution in [0.3, 0.4) is 0 Å². The van der Waals surface area contributed by atoms with Gasteiger partial charge in [0.15, 0.2) is 5.78 Å². The van der Waals surface area contributed by atoms with Gasteiger partial charge in [0.25, 0.3) is 0 Å². The fourth-order valence-electron chi connectivity index (χ4n) is 7.70. The topological polar surface area (TPSA) is 57.5 Å². The number of hydrogen-bond acceptors (Lipinski definition) is 3. The Kier molecular flexibility index (Phi) is 3.68. The maximum Gasteiger partial charge on any atom is 0.155 e. The van der Waals surface area contributed by atoms with E-state index in [-0.39, 0.29) is 17.8 Å². The summed E-state index contributed by atoms with van der Waals surface area (Å²) in [6.45, 7) is 2.24. The van der Waals surface area contributed by atoms with Crippen molar-refractivity contribution in [2.24, 2.45) is 40.9 Å². The van der Waals surface area contributed by atoms with Crippen LogP contribution in [0.25, 0.3) is 0 Å². The van der Waals surface area contributed by atoms with Crippen LogP contribution in [0.4, 0.5) is 0 Å². The minimum Gasteiger partial charge on any atom is -0.392 e. The molecule has 0 aliphatic heterocycles. The molecule has 0 bridgehead atoms. The molecular formula is C23H30O3. The van der Waals surface area contributed by atoms with Gasteiger partial charge < -0.3 is 10.2 Å². The van der Waals surface area contributed by atoms with Crippen LogP contribution < -0.4 is 0 Å². The van der Waals surface area contributed by atoms with Crippen LogP contribution in [-0.2, 0) is 4.79 Å². The summed E-state index contributed by atoms with van der Waals surface area (Å²) in [5.41, 5.74) is 0.452. The van der Waals surface area contributed by atoms with E-state index in [4.69, 9.17) is 0 Å². The van der Waals surface area contributed by atoms with Crippen molar-refractivity contribution in [3.63, 3.8) is 0 Å². The largest absolute Gasteiger partial charge is 0.392 e. The van der Waals surface area contributed by atoms with Gasteiger partial charge in [0, 0.05) is 11.8 Å². The van der Waals surface area contributed by atoms with Crippen molar-refractivity contribution in [3.05, 3.63) is 36.0 Å². The normalized spacial score (nSPS) is 51.5. The van der Waals surface area contributed by atoms with Gasteiger partial charge in [-0.05, 0) is 79.3 Å². The molecule has 0 saturated heterocycles. The summed E-state index contributed by atoms with van der Waals surface area (Å²) in [6.07, 6.45) is 16.2. The molecule has 26 heavy (non-hydrogen) atoms. The number of fused-ring (bicyclic) bond motifs is 7. The van der Waals surface area contributed by atoms with E-state index in [2.05, 4.69) is 19.1 Å². The van der Waals surface area contributed by atoms with Crippen LogP contribution in [-0.4, -0.2) is 28.2 Å². The first-order valence-corrected chi connectivity index (χ1v) is 10.5. The van der Waals surface area contributed by atoms with Gasteiger partial charge >= 0.3 is 0 Å². The van der Waals surface area contributed by atoms with Crippen molar-refractivity contribution < 1.29 is 15.0 Å². The third-order valence-electron chi connectivity index (χ3n) is 8.73.